The lowest BCUT2D eigenvalue weighted by molar-refractivity contribution is -0.123. The molecule has 2 amide bonds. The summed E-state index contributed by atoms with van der Waals surface area (Å²) < 4.78 is 29.2. The van der Waals surface area contributed by atoms with Gasteiger partial charge in [-0.3, -0.25) is 19.4 Å². The molecular weight excluding hydrogens is 621 g/mol. The van der Waals surface area contributed by atoms with Crippen LogP contribution in [0.5, 0.6) is 0 Å². The van der Waals surface area contributed by atoms with Crippen LogP contribution >= 0.6 is 0 Å². The fraction of sp³-hybridized carbons (Fsp3) is 0.500. The van der Waals surface area contributed by atoms with E-state index < -0.39 is 20.2 Å². The highest BCUT2D eigenvalue weighted by Gasteiger charge is 2.23. The van der Waals surface area contributed by atoms with Gasteiger partial charge in [0.05, 0.1) is 36.9 Å². The standard InChI is InChI=1S/C34H48FN5O6Si/c1-8-12-26-27(35)21-36-29-20-25(40(32(26)29)23-46-17-18-47(5,6)7)22-39-16-11-13-24(33(39)43)19-30(41)28(37-34(44)45-4)14-9-10-15-31(42)38(2)3/h10-11,13,15-16,20-21,28H,8-9,12,14,17-19,22-23H2,1-7H3,(H,37,44)/b15-10+/t28-/m0/s1. The summed E-state index contributed by atoms with van der Waals surface area (Å²) in [4.78, 5) is 56.6. The predicted octanol–water partition coefficient (Wildman–Crippen LogP) is 4.91. The van der Waals surface area contributed by atoms with Gasteiger partial charge in [-0.2, -0.15) is 0 Å². The zero-order valence-corrected chi connectivity index (χ0v) is 29.6. The normalized spacial score (nSPS) is 12.4. The van der Waals surface area contributed by atoms with Gasteiger partial charge in [0, 0.05) is 58.2 Å². The summed E-state index contributed by atoms with van der Waals surface area (Å²) in [5, 5.41) is 2.55. The van der Waals surface area contributed by atoms with Crippen molar-refractivity contribution in [1.82, 2.24) is 24.3 Å². The van der Waals surface area contributed by atoms with Crippen molar-refractivity contribution in [2.24, 2.45) is 0 Å². The van der Waals surface area contributed by atoms with Crippen molar-refractivity contribution < 1.29 is 28.2 Å². The summed E-state index contributed by atoms with van der Waals surface area (Å²) in [7, 11) is 3.13. The van der Waals surface area contributed by atoms with Gasteiger partial charge in [-0.25, -0.2) is 9.18 Å². The first-order chi connectivity index (χ1) is 22.2. The predicted molar refractivity (Wildman–Crippen MR) is 183 cm³/mol. The van der Waals surface area contributed by atoms with E-state index in [1.54, 1.807) is 38.5 Å². The molecule has 3 heterocycles. The Morgan fingerprint density at radius 3 is 2.62 bits per heavy atom. The van der Waals surface area contributed by atoms with Crippen LogP contribution in [0.4, 0.5) is 9.18 Å². The number of aromatic nitrogens is 3. The number of methoxy groups -OCH3 is 1. The Hall–Kier alpha value is -4.10. The quantitative estimate of drug-likeness (QED) is 0.123. The minimum absolute atomic E-state index is 0.149. The third-order valence-corrected chi connectivity index (χ3v) is 9.46. The number of allylic oxidation sites excluding steroid dienone is 1. The average Bonchev–Trinajstić information content (AvgIpc) is 3.36. The topological polar surface area (TPSA) is 125 Å². The van der Waals surface area contributed by atoms with E-state index >= 15 is 0 Å². The largest absolute Gasteiger partial charge is 0.453 e. The van der Waals surface area contributed by atoms with Crippen molar-refractivity contribution in [1.29, 1.82) is 0 Å². The number of rotatable bonds is 17. The van der Waals surface area contributed by atoms with E-state index in [1.165, 1.54) is 28.8 Å². The highest BCUT2D eigenvalue weighted by Crippen LogP contribution is 2.26. The summed E-state index contributed by atoms with van der Waals surface area (Å²) in [5.74, 6) is -0.940. The van der Waals surface area contributed by atoms with Crippen LogP contribution in [-0.4, -0.2) is 78.7 Å². The van der Waals surface area contributed by atoms with Crippen molar-refractivity contribution in [3.63, 3.8) is 0 Å². The molecule has 0 aliphatic heterocycles. The molecule has 256 valence electrons. The number of halogens is 1. The van der Waals surface area contributed by atoms with Crippen molar-refractivity contribution in [2.75, 3.05) is 27.8 Å². The lowest BCUT2D eigenvalue weighted by atomic mass is 10.0. The smallest absolute Gasteiger partial charge is 0.407 e. The number of hydrogen-bond acceptors (Lipinski definition) is 7. The van der Waals surface area contributed by atoms with E-state index in [4.69, 9.17) is 9.47 Å². The molecule has 0 unspecified atom stereocenters. The number of nitrogens with zero attached hydrogens (tertiary/aromatic N) is 4. The second-order valence-corrected chi connectivity index (χ2v) is 18.6. The van der Waals surface area contributed by atoms with Crippen molar-refractivity contribution in [2.45, 2.75) is 84.0 Å². The van der Waals surface area contributed by atoms with Gasteiger partial charge < -0.3 is 28.8 Å². The Kier molecular flexibility index (Phi) is 13.6. The number of carbonyl (C=O) groups excluding carboxylic acids is 3. The van der Waals surface area contributed by atoms with Crippen molar-refractivity contribution in [3.05, 3.63) is 75.7 Å². The van der Waals surface area contributed by atoms with Crippen LogP contribution in [0.15, 0.2) is 47.5 Å². The minimum atomic E-state index is -1.33. The van der Waals surface area contributed by atoms with Crippen LogP contribution in [0.25, 0.3) is 11.0 Å². The maximum atomic E-state index is 15.0. The van der Waals surface area contributed by atoms with Gasteiger partial charge in [-0.15, -0.1) is 0 Å². The first-order valence-corrected chi connectivity index (χ1v) is 19.6. The molecule has 0 fully saturated rings. The molecule has 0 saturated heterocycles. The number of fused-ring (bicyclic) bond motifs is 1. The van der Waals surface area contributed by atoms with Gasteiger partial charge in [0.25, 0.3) is 5.56 Å². The number of likely N-dealkylation sites (N-methyl/N-ethyl adjacent to an activating group) is 1. The van der Waals surface area contributed by atoms with Crippen LogP contribution in [0.2, 0.25) is 25.7 Å². The summed E-state index contributed by atoms with van der Waals surface area (Å²) in [6.07, 6.45) is 6.77. The third kappa shape index (κ3) is 10.7. The molecule has 0 bridgehead atoms. The van der Waals surface area contributed by atoms with Crippen LogP contribution < -0.4 is 10.9 Å². The van der Waals surface area contributed by atoms with Crippen LogP contribution in [-0.2, 0) is 45.2 Å². The molecule has 3 aromatic heterocycles. The molecule has 11 nitrogen and oxygen atoms in total. The SMILES string of the molecule is CCCc1c(F)cnc2cc(Cn3cccc(CC(=O)[C@H](CC/C=C/C(=O)N(C)C)NC(=O)OC)c3=O)n(COCC[Si](C)(C)C)c12. The highest BCUT2D eigenvalue weighted by atomic mass is 28.3. The van der Waals surface area contributed by atoms with E-state index in [0.29, 0.717) is 36.0 Å². The molecule has 0 saturated carbocycles. The Bertz CT molecular complexity index is 1640. The second-order valence-electron chi connectivity index (χ2n) is 13.0. The van der Waals surface area contributed by atoms with E-state index in [-0.39, 0.29) is 54.7 Å². The molecule has 0 radical (unpaired) electrons. The third-order valence-electron chi connectivity index (χ3n) is 7.76. The molecule has 0 spiro atoms. The van der Waals surface area contributed by atoms with Gasteiger partial charge in [0.1, 0.15) is 12.5 Å². The number of ketones is 1. The van der Waals surface area contributed by atoms with Crippen LogP contribution in [0.1, 0.15) is 43.0 Å². The molecule has 1 atom stereocenters. The van der Waals surface area contributed by atoms with Gasteiger partial charge in [0.2, 0.25) is 5.91 Å². The van der Waals surface area contributed by atoms with Gasteiger partial charge in [-0.05, 0) is 43.5 Å². The zero-order chi connectivity index (χ0) is 34.7. The highest BCUT2D eigenvalue weighted by molar-refractivity contribution is 6.76. The molecule has 0 aliphatic carbocycles. The molecule has 3 rings (SSSR count). The Balaban J connectivity index is 1.89. The zero-order valence-electron chi connectivity index (χ0n) is 28.6. The van der Waals surface area contributed by atoms with Crippen molar-refractivity contribution >= 4 is 36.9 Å². The summed E-state index contributed by atoms with van der Waals surface area (Å²) >= 11 is 0. The first-order valence-electron chi connectivity index (χ1n) is 15.9. The monoisotopic (exact) mass is 669 g/mol. The molecule has 13 heteroatoms. The number of carbonyl (C=O) groups is 3. The van der Waals surface area contributed by atoms with E-state index in [9.17, 15) is 23.6 Å². The Labute approximate surface area is 276 Å². The number of aryl methyl sites for hydroxylation is 1. The number of pyridine rings is 2. The number of alkyl carbamates (subject to hydrolysis) is 1. The van der Waals surface area contributed by atoms with E-state index in [0.717, 1.165) is 18.2 Å². The molecule has 47 heavy (non-hydrogen) atoms. The molecule has 0 aliphatic rings. The number of ether oxygens (including phenoxy) is 2. The Morgan fingerprint density at radius 1 is 1.21 bits per heavy atom. The molecular formula is C34H48FN5O6Si. The van der Waals surface area contributed by atoms with Crippen LogP contribution in [0, 0.1) is 5.82 Å². The lowest BCUT2D eigenvalue weighted by Gasteiger charge is -2.18. The summed E-state index contributed by atoms with van der Waals surface area (Å²) in [6.45, 7) is 9.72. The molecule has 1 N–H and O–H groups in total. The fourth-order valence-electron chi connectivity index (χ4n) is 5.06. The maximum absolute atomic E-state index is 15.0. The molecule has 3 aromatic rings. The number of nitrogens with one attached hydrogen (secondary N) is 1. The maximum Gasteiger partial charge on any atom is 0.407 e. The number of hydrogen-bond donors (Lipinski definition) is 1. The van der Waals surface area contributed by atoms with E-state index in [2.05, 4.69) is 29.9 Å². The van der Waals surface area contributed by atoms with Gasteiger partial charge in [-0.1, -0.05) is 45.1 Å². The van der Waals surface area contributed by atoms with E-state index in [1.807, 2.05) is 17.6 Å². The summed E-state index contributed by atoms with van der Waals surface area (Å²) in [5.41, 5.74) is 2.46. The number of Topliss-reactive ketones (excluding diaryl/α,β-unsaturated/α-hetero) is 1. The van der Waals surface area contributed by atoms with Crippen LogP contribution in [0.3, 0.4) is 0 Å². The second kappa shape index (κ2) is 17.2. The van der Waals surface area contributed by atoms with Crippen molar-refractivity contribution in [3.8, 4) is 0 Å². The molecule has 0 aromatic carbocycles. The summed E-state index contributed by atoms with van der Waals surface area (Å²) in [6, 6.07) is 5.18. The fourth-order valence-corrected chi connectivity index (χ4v) is 5.82. The van der Waals surface area contributed by atoms with Gasteiger partial charge >= 0.3 is 6.09 Å². The Morgan fingerprint density at radius 2 is 1.96 bits per heavy atom. The number of amides is 2. The van der Waals surface area contributed by atoms with Gasteiger partial charge in [0.15, 0.2) is 5.78 Å². The minimum Gasteiger partial charge on any atom is -0.453 e. The lowest BCUT2D eigenvalue weighted by Crippen LogP contribution is -2.42. The first kappa shape index (κ1) is 37.4. The average molecular weight is 670 g/mol.